The molecule has 0 radical (unpaired) electrons. The molecule has 5 aliphatic rings. The highest BCUT2D eigenvalue weighted by Crippen LogP contribution is 2.38. The van der Waals surface area contributed by atoms with Gasteiger partial charge >= 0.3 is 17.9 Å². The molecule has 24 atom stereocenters. The normalized spacial score (nSPS) is 42.7. The highest BCUT2D eigenvalue weighted by Gasteiger charge is 2.57. The predicted molar refractivity (Wildman–Crippen MR) is 249 cm³/mol. The van der Waals surface area contributed by atoms with Crippen LogP contribution in [0.25, 0.3) is 0 Å². The fourth-order valence-corrected chi connectivity index (χ4v) is 9.48. The lowest BCUT2D eigenvalue weighted by atomic mass is 9.96. The van der Waals surface area contributed by atoms with Crippen LogP contribution in [0, 0.1) is 11.8 Å². The van der Waals surface area contributed by atoms with Crippen molar-refractivity contribution >= 4 is 17.9 Å². The summed E-state index contributed by atoms with van der Waals surface area (Å²) in [6.45, 7) is 14.4. The summed E-state index contributed by atoms with van der Waals surface area (Å²) < 4.78 is 68.1. The van der Waals surface area contributed by atoms with Gasteiger partial charge in [0.2, 0.25) is 0 Å². The van der Waals surface area contributed by atoms with Gasteiger partial charge in [0.05, 0.1) is 48.5 Å². The summed E-state index contributed by atoms with van der Waals surface area (Å²) in [5, 5.41) is 79.1. The zero-order valence-corrected chi connectivity index (χ0v) is 43.1. The van der Waals surface area contributed by atoms with Crippen molar-refractivity contribution in [1.82, 2.24) is 0 Å². The third-order valence-corrected chi connectivity index (χ3v) is 14.7. The van der Waals surface area contributed by atoms with E-state index in [0.717, 1.165) is 64.2 Å². The number of aliphatic hydroxyl groups excluding tert-OH is 7. The predicted octanol–water partition coefficient (Wildman–Crippen LogP) is 2.58. The van der Waals surface area contributed by atoms with Crippen LogP contribution in [0.3, 0.4) is 0 Å². The summed E-state index contributed by atoms with van der Waals surface area (Å²) in [5.74, 6) is -3.88. The first kappa shape index (κ1) is 59.7. The second-order valence-electron chi connectivity index (χ2n) is 20.4. The number of hydrogen-bond acceptors (Lipinski definition) is 21. The molecule has 2 bridgehead atoms. The monoisotopic (exact) mass is 1020 g/mol. The highest BCUT2D eigenvalue weighted by molar-refractivity contribution is 5.73. The number of carbonyl (C=O) groups is 3. The number of fused-ring (bicyclic) bond motifs is 3. The van der Waals surface area contributed by atoms with Gasteiger partial charge in [-0.25, -0.2) is 0 Å². The van der Waals surface area contributed by atoms with E-state index >= 15 is 0 Å². The third-order valence-electron chi connectivity index (χ3n) is 14.7. The molecule has 21 nitrogen and oxygen atoms in total. The van der Waals surface area contributed by atoms with Crippen LogP contribution in [-0.4, -0.2) is 189 Å². The van der Waals surface area contributed by atoms with Crippen LogP contribution in [0.4, 0.5) is 0 Å². The van der Waals surface area contributed by atoms with E-state index in [0.29, 0.717) is 19.3 Å². The molecular formula is C50H86O21. The van der Waals surface area contributed by atoms with E-state index in [1.807, 2.05) is 0 Å². The molecule has 5 saturated heterocycles. The van der Waals surface area contributed by atoms with Gasteiger partial charge in [-0.1, -0.05) is 78.6 Å². The third kappa shape index (κ3) is 15.7. The van der Waals surface area contributed by atoms with Crippen molar-refractivity contribution in [2.45, 2.75) is 287 Å². The molecule has 0 spiro atoms. The fraction of sp³-hybridized carbons (Fsp3) is 0.940. The Balaban J connectivity index is 1.48. The molecule has 5 aliphatic heterocycles. The number of unbranched alkanes of at least 4 members (excludes halogenated alkanes) is 2. The molecule has 412 valence electrons. The molecule has 71 heavy (non-hydrogen) atoms. The molecule has 0 aliphatic carbocycles. The van der Waals surface area contributed by atoms with Crippen molar-refractivity contribution in [1.29, 1.82) is 0 Å². The summed E-state index contributed by atoms with van der Waals surface area (Å²) in [6.07, 6.45) is -20.2. The van der Waals surface area contributed by atoms with Crippen molar-refractivity contribution in [3.8, 4) is 0 Å². The summed E-state index contributed by atoms with van der Waals surface area (Å²) in [4.78, 5) is 40.0. The van der Waals surface area contributed by atoms with Crippen molar-refractivity contribution in [3.05, 3.63) is 0 Å². The molecule has 5 heterocycles. The summed E-state index contributed by atoms with van der Waals surface area (Å²) in [5.41, 5.74) is 0. The lowest BCUT2D eigenvalue weighted by Crippen LogP contribution is -2.67. The van der Waals surface area contributed by atoms with Gasteiger partial charge < -0.3 is 87.9 Å². The number of ether oxygens (including phenoxy) is 11. The van der Waals surface area contributed by atoms with E-state index < -0.39 is 159 Å². The van der Waals surface area contributed by atoms with Crippen molar-refractivity contribution < 1.29 is 102 Å². The lowest BCUT2D eigenvalue weighted by molar-refractivity contribution is -0.397. The quantitative estimate of drug-likeness (QED) is 0.0747. The van der Waals surface area contributed by atoms with Gasteiger partial charge in [-0.15, -0.1) is 0 Å². The molecule has 0 aromatic rings. The minimum absolute atomic E-state index is 0.0156. The van der Waals surface area contributed by atoms with E-state index in [1.165, 1.54) is 34.6 Å². The molecule has 0 unspecified atom stereocenters. The molecule has 7 N–H and O–H groups in total. The van der Waals surface area contributed by atoms with Gasteiger partial charge in [0.1, 0.15) is 48.8 Å². The lowest BCUT2D eigenvalue weighted by Gasteiger charge is -2.50. The average molecular weight is 1020 g/mol. The Labute approximate surface area is 418 Å². The van der Waals surface area contributed by atoms with Gasteiger partial charge in [-0.3, -0.25) is 14.4 Å². The van der Waals surface area contributed by atoms with Crippen molar-refractivity contribution in [2.24, 2.45) is 11.8 Å². The van der Waals surface area contributed by atoms with E-state index in [1.54, 1.807) is 20.8 Å². The molecule has 5 fully saturated rings. The zero-order chi connectivity index (χ0) is 52.3. The van der Waals surface area contributed by atoms with Crippen LogP contribution in [0.15, 0.2) is 0 Å². The Bertz CT molecular complexity index is 1620. The zero-order valence-electron chi connectivity index (χ0n) is 43.1. The Morgan fingerprint density at radius 2 is 1.17 bits per heavy atom. The van der Waals surface area contributed by atoms with Crippen molar-refractivity contribution in [2.75, 3.05) is 0 Å². The average Bonchev–Trinajstić information content (AvgIpc) is 3.33. The number of carbonyl (C=O) groups excluding carboxylic acids is 3. The van der Waals surface area contributed by atoms with Gasteiger partial charge in [-0.2, -0.15) is 0 Å². The maximum absolute atomic E-state index is 13.6. The van der Waals surface area contributed by atoms with Gasteiger partial charge in [0.25, 0.3) is 0 Å². The maximum atomic E-state index is 13.6. The van der Waals surface area contributed by atoms with Crippen LogP contribution in [0.2, 0.25) is 0 Å². The molecule has 0 aromatic carbocycles. The van der Waals surface area contributed by atoms with Crippen LogP contribution < -0.4 is 0 Å². The van der Waals surface area contributed by atoms with Gasteiger partial charge in [-0.05, 0) is 67.2 Å². The van der Waals surface area contributed by atoms with Gasteiger partial charge in [0, 0.05) is 6.42 Å². The van der Waals surface area contributed by atoms with Crippen LogP contribution in [-0.2, 0) is 66.5 Å². The standard InChI is InChI=1S/C50H86O21/c1-10-12-18-21-31-22-19-16-14-13-15-17-20-23-32(52)66-41-34(54)28(7)62-50(70-42-35(55)33(53)27(6)61-48(42)65-31)44(41)71-49-43(68-45(59)24(3)11-2)38(58)40(30(9)64-49)69-47-37(57)36(56)39(29(8)63-47)67-46(60)25(4)26(5)51/h24-31,33-44,47-51,53-58H,10-23H2,1-9H3/t24-,25+,26+,27+,28+,29+,30-,31+,33+,34+,35-,36+,37+,38+,39-,40-,41-,42+,43+,44+,47-,48-,49-,50-/m0/s1. The molecule has 0 saturated carbocycles. The van der Waals surface area contributed by atoms with Crippen molar-refractivity contribution in [3.63, 3.8) is 0 Å². The first-order chi connectivity index (χ1) is 33.7. The van der Waals surface area contributed by atoms with Crippen LogP contribution >= 0.6 is 0 Å². The number of aliphatic hydroxyl groups is 7. The first-order valence-corrected chi connectivity index (χ1v) is 26.3. The number of esters is 3. The summed E-state index contributed by atoms with van der Waals surface area (Å²) in [7, 11) is 0. The van der Waals surface area contributed by atoms with Crippen LogP contribution in [0.5, 0.6) is 0 Å². The Morgan fingerprint density at radius 1 is 0.577 bits per heavy atom. The number of hydrogen-bond donors (Lipinski definition) is 7. The van der Waals surface area contributed by atoms with E-state index in [9.17, 15) is 50.1 Å². The topological polar surface area (TPSA) is 294 Å². The summed E-state index contributed by atoms with van der Waals surface area (Å²) >= 11 is 0. The number of rotatable bonds is 14. The molecule has 5 rings (SSSR count). The minimum atomic E-state index is -1.84. The highest BCUT2D eigenvalue weighted by atomic mass is 16.8. The first-order valence-electron chi connectivity index (χ1n) is 26.3. The van der Waals surface area contributed by atoms with E-state index in [-0.39, 0.29) is 12.5 Å². The SMILES string of the molecule is CCCCC[C@@H]1CCCCCCCCCC(=O)O[C@H]2[C@H](O)[C@@H](C)O[C@@H](O[C@H]3[C@H](O1)O[C@H](C)[C@@H](O)[C@@H]3O)[C@@H]2O[C@@H]1O[C@@H](C)[C@H](O[C@@H]2O[C@H](C)[C@H](OC(=O)[C@H](C)[C@@H](C)O)[C@H](O)[C@H]2O)[C@@H](O)[C@H]1OC(=O)[C@@H](C)CC. The Morgan fingerprint density at radius 3 is 1.83 bits per heavy atom. The second-order valence-corrected chi connectivity index (χ2v) is 20.4. The van der Waals surface area contributed by atoms with Gasteiger partial charge in [0.15, 0.2) is 49.6 Å². The fourth-order valence-electron chi connectivity index (χ4n) is 9.48. The molecule has 21 heteroatoms. The molecule has 0 amide bonds. The summed E-state index contributed by atoms with van der Waals surface area (Å²) in [6, 6.07) is 0. The smallest absolute Gasteiger partial charge is 0.311 e. The van der Waals surface area contributed by atoms with Crippen LogP contribution in [0.1, 0.15) is 152 Å². The Hall–Kier alpha value is -2.19. The second kappa shape index (κ2) is 28.1. The molecular weight excluding hydrogens is 937 g/mol. The Kier molecular flexibility index (Phi) is 23.6. The van der Waals surface area contributed by atoms with E-state index in [2.05, 4.69) is 6.92 Å². The maximum Gasteiger partial charge on any atom is 0.311 e. The largest absolute Gasteiger partial charge is 0.456 e. The van der Waals surface area contributed by atoms with E-state index in [4.69, 9.17) is 52.1 Å². The minimum Gasteiger partial charge on any atom is -0.456 e. The molecule has 0 aromatic heterocycles.